The molecule has 0 radical (unpaired) electrons. The summed E-state index contributed by atoms with van der Waals surface area (Å²) in [4.78, 5) is 12.4. The minimum atomic E-state index is 0.624. The molecule has 1 aromatic rings. The van der Waals surface area contributed by atoms with Crippen LogP contribution >= 0.6 is 11.3 Å². The van der Waals surface area contributed by atoms with E-state index in [0.717, 1.165) is 24.1 Å². The van der Waals surface area contributed by atoms with Gasteiger partial charge >= 0.3 is 0 Å². The van der Waals surface area contributed by atoms with Gasteiger partial charge < -0.3 is 10.2 Å². The lowest BCUT2D eigenvalue weighted by Crippen LogP contribution is -2.42. The van der Waals surface area contributed by atoms with Crippen molar-refractivity contribution in [1.82, 2.24) is 15.2 Å². The zero-order chi connectivity index (χ0) is 13.3. The Bertz CT molecular complexity index is 476. The smallest absolute Gasteiger partial charge is 0.193 e. The van der Waals surface area contributed by atoms with E-state index in [-0.39, 0.29) is 0 Å². The van der Waals surface area contributed by atoms with Crippen LogP contribution in [0.2, 0.25) is 0 Å². The van der Waals surface area contributed by atoms with Gasteiger partial charge in [-0.25, -0.2) is 4.98 Å². The number of rotatable bonds is 2. The Morgan fingerprint density at radius 3 is 2.89 bits per heavy atom. The van der Waals surface area contributed by atoms with Crippen molar-refractivity contribution in [2.75, 3.05) is 20.1 Å². The molecule has 2 aliphatic rings. The highest BCUT2D eigenvalue weighted by Crippen LogP contribution is 2.47. The van der Waals surface area contributed by atoms with Crippen LogP contribution in [-0.4, -0.2) is 36.0 Å². The average Bonchev–Trinajstić information content (AvgIpc) is 2.96. The van der Waals surface area contributed by atoms with Gasteiger partial charge in [-0.2, -0.15) is 0 Å². The number of nitrogens with one attached hydrogen (secondary N) is 1. The first-order chi connectivity index (χ1) is 9.21. The minimum Gasteiger partial charge on any atom is -0.351 e. The summed E-state index contributed by atoms with van der Waals surface area (Å²) < 4.78 is 0. The molecular weight excluding hydrogens is 256 g/mol. The number of hydrogen-bond donors (Lipinski definition) is 1. The SMILES string of the molecule is CN=C(NCc1cnc(C)s1)N1CCC2(CCC2)C1. The molecule has 0 unspecified atom stereocenters. The summed E-state index contributed by atoms with van der Waals surface area (Å²) in [5.74, 6) is 1.05. The second-order valence-corrected chi connectivity index (χ2v) is 7.09. The summed E-state index contributed by atoms with van der Waals surface area (Å²) in [6.45, 7) is 5.22. The van der Waals surface area contributed by atoms with Crippen molar-refractivity contribution in [3.8, 4) is 0 Å². The van der Waals surface area contributed by atoms with E-state index in [1.54, 1.807) is 11.3 Å². The molecule has 5 heteroatoms. The van der Waals surface area contributed by atoms with E-state index in [2.05, 4.69) is 20.2 Å². The van der Waals surface area contributed by atoms with Crippen LogP contribution in [0.15, 0.2) is 11.2 Å². The largest absolute Gasteiger partial charge is 0.351 e. The third kappa shape index (κ3) is 2.61. The number of aryl methyl sites for hydroxylation is 1. The van der Waals surface area contributed by atoms with E-state index < -0.39 is 0 Å². The lowest BCUT2D eigenvalue weighted by atomic mass is 9.68. The van der Waals surface area contributed by atoms with Crippen molar-refractivity contribution in [2.24, 2.45) is 10.4 Å². The van der Waals surface area contributed by atoms with Crippen molar-refractivity contribution in [2.45, 2.75) is 39.2 Å². The number of nitrogens with zero attached hydrogens (tertiary/aromatic N) is 3. The molecule has 2 heterocycles. The molecule has 1 aromatic heterocycles. The van der Waals surface area contributed by atoms with Crippen molar-refractivity contribution < 1.29 is 0 Å². The average molecular weight is 278 g/mol. The normalized spacial score (nSPS) is 21.8. The van der Waals surface area contributed by atoms with Gasteiger partial charge in [-0.15, -0.1) is 11.3 Å². The molecule has 1 saturated carbocycles. The Morgan fingerprint density at radius 1 is 1.53 bits per heavy atom. The standard InChI is InChI=1S/C14H22N4S/c1-11-16-8-12(19-11)9-17-13(15-2)18-7-6-14(10-18)4-3-5-14/h8H,3-7,9-10H2,1-2H3,(H,15,17). The maximum Gasteiger partial charge on any atom is 0.193 e. The molecule has 1 aliphatic carbocycles. The first kappa shape index (κ1) is 12.9. The Kier molecular flexibility index (Phi) is 3.48. The molecule has 3 rings (SSSR count). The van der Waals surface area contributed by atoms with Crippen LogP contribution in [0, 0.1) is 12.3 Å². The van der Waals surface area contributed by atoms with Crippen LogP contribution in [0.25, 0.3) is 0 Å². The summed E-state index contributed by atoms with van der Waals surface area (Å²) in [7, 11) is 1.88. The van der Waals surface area contributed by atoms with Crippen molar-refractivity contribution in [1.29, 1.82) is 0 Å². The first-order valence-electron chi connectivity index (χ1n) is 7.08. The predicted molar refractivity (Wildman–Crippen MR) is 79.5 cm³/mol. The van der Waals surface area contributed by atoms with E-state index >= 15 is 0 Å². The van der Waals surface area contributed by atoms with Crippen LogP contribution < -0.4 is 5.32 Å². The van der Waals surface area contributed by atoms with Crippen LogP contribution in [0.1, 0.15) is 35.6 Å². The maximum absolute atomic E-state index is 4.43. The molecule has 1 saturated heterocycles. The van der Waals surface area contributed by atoms with Crippen LogP contribution in [0.4, 0.5) is 0 Å². The van der Waals surface area contributed by atoms with E-state index in [1.807, 2.05) is 20.2 Å². The number of guanidine groups is 1. The van der Waals surface area contributed by atoms with Crippen LogP contribution in [0.5, 0.6) is 0 Å². The van der Waals surface area contributed by atoms with Gasteiger partial charge in [0.2, 0.25) is 0 Å². The van der Waals surface area contributed by atoms with E-state index in [1.165, 1.54) is 37.1 Å². The lowest BCUT2D eigenvalue weighted by molar-refractivity contribution is 0.151. The quantitative estimate of drug-likeness (QED) is 0.667. The highest BCUT2D eigenvalue weighted by Gasteiger charge is 2.43. The van der Waals surface area contributed by atoms with Crippen molar-refractivity contribution in [3.05, 3.63) is 16.1 Å². The molecule has 0 atom stereocenters. The van der Waals surface area contributed by atoms with Gasteiger partial charge in [0, 0.05) is 31.2 Å². The van der Waals surface area contributed by atoms with E-state index in [4.69, 9.17) is 0 Å². The molecule has 0 amide bonds. The minimum absolute atomic E-state index is 0.624. The molecular formula is C14H22N4S. The Hall–Kier alpha value is -1.10. The predicted octanol–water partition coefficient (Wildman–Crippen LogP) is 2.40. The van der Waals surface area contributed by atoms with Gasteiger partial charge in [0.1, 0.15) is 0 Å². The molecule has 104 valence electrons. The van der Waals surface area contributed by atoms with Crippen molar-refractivity contribution >= 4 is 17.3 Å². The summed E-state index contributed by atoms with van der Waals surface area (Å²) in [5.41, 5.74) is 0.624. The molecule has 4 nitrogen and oxygen atoms in total. The number of hydrogen-bond acceptors (Lipinski definition) is 3. The van der Waals surface area contributed by atoms with E-state index in [0.29, 0.717) is 5.41 Å². The molecule has 0 aromatic carbocycles. The molecule has 1 aliphatic heterocycles. The van der Waals surface area contributed by atoms with Gasteiger partial charge in [-0.1, -0.05) is 6.42 Å². The number of thiazole rings is 1. The fraction of sp³-hybridized carbons (Fsp3) is 0.714. The summed E-state index contributed by atoms with van der Waals surface area (Å²) in [6, 6.07) is 0. The molecule has 1 N–H and O–H groups in total. The fourth-order valence-corrected chi connectivity index (χ4v) is 3.92. The molecule has 2 fully saturated rings. The monoisotopic (exact) mass is 278 g/mol. The number of aliphatic imine (C=N–C) groups is 1. The Morgan fingerprint density at radius 2 is 2.37 bits per heavy atom. The second-order valence-electron chi connectivity index (χ2n) is 5.77. The maximum atomic E-state index is 4.43. The van der Waals surface area contributed by atoms with Crippen LogP contribution in [0.3, 0.4) is 0 Å². The number of aromatic nitrogens is 1. The summed E-state index contributed by atoms with van der Waals surface area (Å²) in [5, 5.41) is 4.60. The Labute approximate surface area is 118 Å². The fourth-order valence-electron chi connectivity index (χ4n) is 3.19. The Balaban J connectivity index is 1.56. The molecule has 1 spiro atoms. The third-order valence-electron chi connectivity index (χ3n) is 4.45. The van der Waals surface area contributed by atoms with Gasteiger partial charge in [0.25, 0.3) is 0 Å². The van der Waals surface area contributed by atoms with E-state index in [9.17, 15) is 0 Å². The summed E-state index contributed by atoms with van der Waals surface area (Å²) in [6.07, 6.45) is 7.54. The molecule has 0 bridgehead atoms. The molecule has 19 heavy (non-hydrogen) atoms. The van der Waals surface area contributed by atoms with Crippen LogP contribution in [-0.2, 0) is 6.54 Å². The highest BCUT2D eigenvalue weighted by atomic mass is 32.1. The van der Waals surface area contributed by atoms with Crippen molar-refractivity contribution in [3.63, 3.8) is 0 Å². The second kappa shape index (κ2) is 5.12. The van der Waals surface area contributed by atoms with Gasteiger partial charge in [-0.3, -0.25) is 4.99 Å². The van der Waals surface area contributed by atoms with Gasteiger partial charge in [0.05, 0.1) is 11.6 Å². The zero-order valence-corrected chi connectivity index (χ0v) is 12.6. The summed E-state index contributed by atoms with van der Waals surface area (Å²) >= 11 is 1.75. The third-order valence-corrected chi connectivity index (χ3v) is 5.37. The topological polar surface area (TPSA) is 40.5 Å². The zero-order valence-electron chi connectivity index (χ0n) is 11.8. The van der Waals surface area contributed by atoms with Gasteiger partial charge in [-0.05, 0) is 31.6 Å². The number of likely N-dealkylation sites (tertiary alicyclic amines) is 1. The first-order valence-corrected chi connectivity index (χ1v) is 7.89. The highest BCUT2D eigenvalue weighted by molar-refractivity contribution is 7.11. The lowest BCUT2D eigenvalue weighted by Gasteiger charge is -2.38. The van der Waals surface area contributed by atoms with Gasteiger partial charge in [0.15, 0.2) is 5.96 Å².